The maximum Gasteiger partial charge on any atom is 0.337 e. The minimum absolute atomic E-state index is 0.136. The second-order valence-corrected chi connectivity index (χ2v) is 11.1. The number of amides is 3. The van der Waals surface area contributed by atoms with Gasteiger partial charge in [0.05, 0.1) is 23.6 Å². The number of aromatic nitrogens is 2. The Morgan fingerprint density at radius 1 is 1.00 bits per heavy atom. The zero-order valence-corrected chi connectivity index (χ0v) is 23.5. The molecule has 1 atom stereocenters. The SMILES string of the molecule is COC(=O)c1ccc(C(=O)NC2CCCN(C(=O)Nc3ccc4c(c3)c(=O)n(CC3CC3)c(=O)n4C(C)C)C2)cc1. The van der Waals surface area contributed by atoms with Crippen LogP contribution in [-0.4, -0.2) is 58.2 Å². The van der Waals surface area contributed by atoms with Crippen molar-refractivity contribution in [1.82, 2.24) is 19.4 Å². The summed E-state index contributed by atoms with van der Waals surface area (Å²) in [7, 11) is 1.30. The van der Waals surface area contributed by atoms with Crippen LogP contribution in [0, 0.1) is 5.92 Å². The first kappa shape index (κ1) is 28.1. The normalized spacial score (nSPS) is 17.0. The minimum atomic E-state index is -0.476. The van der Waals surface area contributed by atoms with Crippen LogP contribution < -0.4 is 21.9 Å². The van der Waals surface area contributed by atoms with Crippen LogP contribution in [0.2, 0.25) is 0 Å². The number of likely N-dealkylation sites (tertiary alicyclic amines) is 1. The van der Waals surface area contributed by atoms with Gasteiger partial charge in [-0.25, -0.2) is 14.4 Å². The van der Waals surface area contributed by atoms with Gasteiger partial charge < -0.3 is 20.3 Å². The van der Waals surface area contributed by atoms with Crippen molar-refractivity contribution in [2.75, 3.05) is 25.5 Å². The van der Waals surface area contributed by atoms with Crippen LogP contribution in [0.25, 0.3) is 10.9 Å². The Labute approximate surface area is 237 Å². The van der Waals surface area contributed by atoms with Gasteiger partial charge >= 0.3 is 17.7 Å². The lowest BCUT2D eigenvalue weighted by atomic mass is 10.0. The lowest BCUT2D eigenvalue weighted by Crippen LogP contribution is -2.50. The number of nitrogens with one attached hydrogen (secondary N) is 2. The molecule has 0 radical (unpaired) electrons. The Kier molecular flexibility index (Phi) is 7.96. The Bertz CT molecular complexity index is 1600. The van der Waals surface area contributed by atoms with Crippen molar-refractivity contribution in [3.8, 4) is 0 Å². The predicted molar refractivity (Wildman–Crippen MR) is 154 cm³/mol. The highest BCUT2D eigenvalue weighted by Crippen LogP contribution is 2.30. The number of hydrogen-bond donors (Lipinski definition) is 2. The molecular weight excluding hydrogens is 526 g/mol. The van der Waals surface area contributed by atoms with Gasteiger partial charge in [-0.3, -0.25) is 18.7 Å². The topological polar surface area (TPSA) is 132 Å². The van der Waals surface area contributed by atoms with Gasteiger partial charge in [0.1, 0.15) is 0 Å². The fourth-order valence-corrected chi connectivity index (χ4v) is 5.31. The standard InChI is InChI=1S/C30H35N5O6/c1-18(2)35-25-13-12-22(15-24(25)27(37)34(30(35)40)16-19-6-7-19)32-29(39)33-14-4-5-23(17-33)31-26(36)20-8-10-21(11-9-20)28(38)41-3/h8-13,15,18-19,23H,4-7,14,16-17H2,1-3H3,(H,31,36)(H,32,39). The number of anilines is 1. The molecule has 0 bridgehead atoms. The molecule has 3 aromatic rings. The molecule has 2 heterocycles. The zero-order chi connectivity index (χ0) is 29.3. The number of methoxy groups -OCH3 is 1. The van der Waals surface area contributed by atoms with Crippen molar-refractivity contribution in [2.45, 2.75) is 58.2 Å². The summed E-state index contributed by atoms with van der Waals surface area (Å²) in [5, 5.41) is 6.25. The van der Waals surface area contributed by atoms with Crippen LogP contribution in [-0.2, 0) is 11.3 Å². The monoisotopic (exact) mass is 561 g/mol. The van der Waals surface area contributed by atoms with Crippen LogP contribution in [0.1, 0.15) is 66.3 Å². The maximum absolute atomic E-state index is 13.3. The first-order valence-electron chi connectivity index (χ1n) is 14.0. The highest BCUT2D eigenvalue weighted by molar-refractivity contribution is 5.96. The van der Waals surface area contributed by atoms with Crippen LogP contribution in [0.4, 0.5) is 10.5 Å². The average molecular weight is 562 g/mol. The first-order valence-corrected chi connectivity index (χ1v) is 14.0. The molecular formula is C30H35N5O6. The van der Waals surface area contributed by atoms with Crippen molar-refractivity contribution in [1.29, 1.82) is 0 Å². The number of ether oxygens (including phenoxy) is 1. The average Bonchev–Trinajstić information content (AvgIpc) is 3.79. The second kappa shape index (κ2) is 11.6. The molecule has 11 nitrogen and oxygen atoms in total. The molecule has 11 heteroatoms. The number of esters is 1. The molecule has 1 saturated heterocycles. The molecule has 2 fully saturated rings. The molecule has 1 aliphatic carbocycles. The van der Waals surface area contributed by atoms with E-state index in [1.54, 1.807) is 39.8 Å². The Balaban J connectivity index is 1.29. The van der Waals surface area contributed by atoms with Crippen molar-refractivity contribution in [2.24, 2.45) is 5.92 Å². The van der Waals surface area contributed by atoms with E-state index in [9.17, 15) is 24.0 Å². The van der Waals surface area contributed by atoms with E-state index >= 15 is 0 Å². The van der Waals surface area contributed by atoms with Gasteiger partial charge in [-0.15, -0.1) is 0 Å². The van der Waals surface area contributed by atoms with E-state index in [-0.39, 0.29) is 35.3 Å². The summed E-state index contributed by atoms with van der Waals surface area (Å²) in [6.07, 6.45) is 3.46. The fourth-order valence-electron chi connectivity index (χ4n) is 5.31. The number of fused-ring (bicyclic) bond motifs is 1. The third-order valence-corrected chi connectivity index (χ3v) is 7.69. The zero-order valence-electron chi connectivity index (χ0n) is 23.5. The molecule has 1 aliphatic heterocycles. The number of urea groups is 1. The minimum Gasteiger partial charge on any atom is -0.465 e. The quantitative estimate of drug-likeness (QED) is 0.425. The molecule has 1 aromatic heterocycles. The van der Waals surface area contributed by atoms with Gasteiger partial charge in [0.2, 0.25) is 0 Å². The van der Waals surface area contributed by atoms with Crippen LogP contribution in [0.3, 0.4) is 0 Å². The Hall–Kier alpha value is -4.41. The lowest BCUT2D eigenvalue weighted by Gasteiger charge is -2.33. The molecule has 5 rings (SSSR count). The number of carbonyl (C=O) groups excluding carboxylic acids is 3. The summed E-state index contributed by atoms with van der Waals surface area (Å²) in [5.41, 5.74) is 1.12. The summed E-state index contributed by atoms with van der Waals surface area (Å²) < 4.78 is 7.65. The third-order valence-electron chi connectivity index (χ3n) is 7.69. The van der Waals surface area contributed by atoms with Crippen LogP contribution in [0.5, 0.6) is 0 Å². The van der Waals surface area contributed by atoms with E-state index in [2.05, 4.69) is 15.4 Å². The van der Waals surface area contributed by atoms with Gasteiger partial charge in [0.25, 0.3) is 11.5 Å². The molecule has 1 unspecified atom stereocenters. The molecule has 2 N–H and O–H groups in total. The fraction of sp³-hybridized carbons (Fsp3) is 0.433. The van der Waals surface area contributed by atoms with E-state index in [0.29, 0.717) is 59.7 Å². The van der Waals surface area contributed by atoms with Crippen molar-refractivity contribution >= 4 is 34.5 Å². The van der Waals surface area contributed by atoms with E-state index in [4.69, 9.17) is 0 Å². The van der Waals surface area contributed by atoms with E-state index in [1.165, 1.54) is 23.8 Å². The number of carbonyl (C=O) groups is 3. The summed E-state index contributed by atoms with van der Waals surface area (Å²) in [6.45, 7) is 5.08. The number of nitrogens with zero attached hydrogens (tertiary/aromatic N) is 3. The van der Waals surface area contributed by atoms with Crippen LogP contribution in [0.15, 0.2) is 52.1 Å². The lowest BCUT2D eigenvalue weighted by molar-refractivity contribution is 0.0600. The largest absolute Gasteiger partial charge is 0.465 e. The molecule has 3 amide bonds. The Morgan fingerprint density at radius 2 is 1.71 bits per heavy atom. The van der Waals surface area contributed by atoms with Gasteiger partial charge in [-0.05, 0) is 87.9 Å². The highest BCUT2D eigenvalue weighted by atomic mass is 16.5. The van der Waals surface area contributed by atoms with E-state index < -0.39 is 5.97 Å². The van der Waals surface area contributed by atoms with Crippen molar-refractivity contribution in [3.05, 3.63) is 74.4 Å². The molecule has 0 spiro atoms. The van der Waals surface area contributed by atoms with Gasteiger partial charge in [-0.1, -0.05) is 0 Å². The number of piperidine rings is 1. The van der Waals surface area contributed by atoms with Crippen molar-refractivity contribution < 1.29 is 19.1 Å². The molecule has 216 valence electrons. The van der Waals surface area contributed by atoms with Crippen molar-refractivity contribution in [3.63, 3.8) is 0 Å². The van der Waals surface area contributed by atoms with Crippen LogP contribution >= 0.6 is 0 Å². The van der Waals surface area contributed by atoms with E-state index in [1.807, 2.05) is 13.8 Å². The second-order valence-electron chi connectivity index (χ2n) is 11.1. The smallest absolute Gasteiger partial charge is 0.337 e. The molecule has 1 saturated carbocycles. The summed E-state index contributed by atoms with van der Waals surface area (Å²) in [5.74, 6) is -0.412. The molecule has 2 aromatic carbocycles. The van der Waals surface area contributed by atoms with Gasteiger partial charge in [-0.2, -0.15) is 0 Å². The summed E-state index contributed by atoms with van der Waals surface area (Å²) in [4.78, 5) is 65.7. The summed E-state index contributed by atoms with van der Waals surface area (Å²) in [6, 6.07) is 10.5. The van der Waals surface area contributed by atoms with Gasteiger partial charge in [0, 0.05) is 43.0 Å². The van der Waals surface area contributed by atoms with E-state index in [0.717, 1.165) is 19.3 Å². The Morgan fingerprint density at radius 3 is 2.37 bits per heavy atom. The third kappa shape index (κ3) is 6.03. The maximum atomic E-state index is 13.3. The molecule has 2 aliphatic rings. The first-order chi connectivity index (χ1) is 19.7. The summed E-state index contributed by atoms with van der Waals surface area (Å²) >= 11 is 0. The number of hydrogen-bond acceptors (Lipinski definition) is 6. The number of benzene rings is 2. The van der Waals surface area contributed by atoms with Gasteiger partial charge in [0.15, 0.2) is 0 Å². The number of rotatable bonds is 7. The highest BCUT2D eigenvalue weighted by Gasteiger charge is 2.27. The predicted octanol–water partition coefficient (Wildman–Crippen LogP) is 3.37. The molecule has 41 heavy (non-hydrogen) atoms.